The lowest BCUT2D eigenvalue weighted by Crippen LogP contribution is -2.30. The highest BCUT2D eigenvalue weighted by Crippen LogP contribution is 2.34. The monoisotopic (exact) mass is 237 g/mol. The molecule has 1 aromatic rings. The van der Waals surface area contributed by atoms with Crippen LogP contribution in [0, 0.1) is 5.92 Å². The van der Waals surface area contributed by atoms with Gasteiger partial charge in [-0.2, -0.15) is 5.10 Å². The van der Waals surface area contributed by atoms with Crippen molar-refractivity contribution in [3.63, 3.8) is 0 Å². The lowest BCUT2D eigenvalue weighted by Gasteiger charge is -2.31. The van der Waals surface area contributed by atoms with Crippen LogP contribution in [0.1, 0.15) is 37.1 Å². The molecule has 1 aromatic heterocycles. The van der Waals surface area contributed by atoms with Crippen molar-refractivity contribution >= 4 is 0 Å². The lowest BCUT2D eigenvalue weighted by atomic mass is 9.89. The van der Waals surface area contributed by atoms with Crippen molar-refractivity contribution in [3.05, 3.63) is 17.5 Å². The van der Waals surface area contributed by atoms with Gasteiger partial charge in [0, 0.05) is 37.9 Å². The van der Waals surface area contributed by atoms with Crippen LogP contribution in [0.3, 0.4) is 0 Å². The third kappa shape index (κ3) is 2.69. The minimum Gasteiger partial charge on any atom is -0.373 e. The molecule has 1 saturated heterocycles. The average molecular weight is 237 g/mol. The van der Waals surface area contributed by atoms with Crippen molar-refractivity contribution in [1.82, 2.24) is 15.1 Å². The second-order valence-electron chi connectivity index (χ2n) is 4.81. The minimum absolute atomic E-state index is 0.222. The number of aryl methyl sites for hydroxylation is 2. The van der Waals surface area contributed by atoms with Crippen LogP contribution in [-0.2, 0) is 18.2 Å². The Balaban J connectivity index is 2.22. The fourth-order valence-electron chi connectivity index (χ4n) is 2.72. The van der Waals surface area contributed by atoms with Gasteiger partial charge in [-0.1, -0.05) is 6.92 Å². The molecule has 0 bridgehead atoms. The fourth-order valence-corrected chi connectivity index (χ4v) is 2.72. The van der Waals surface area contributed by atoms with Gasteiger partial charge in [0.05, 0.1) is 11.8 Å². The van der Waals surface area contributed by atoms with Crippen LogP contribution >= 0.6 is 0 Å². The largest absolute Gasteiger partial charge is 0.373 e. The molecule has 0 saturated carbocycles. The fraction of sp³-hybridized carbons (Fsp3) is 0.769. The quantitative estimate of drug-likeness (QED) is 0.866. The van der Waals surface area contributed by atoms with Gasteiger partial charge in [0.2, 0.25) is 0 Å². The zero-order valence-corrected chi connectivity index (χ0v) is 11.1. The highest BCUT2D eigenvalue weighted by molar-refractivity contribution is 5.21. The molecule has 1 N–H and O–H groups in total. The van der Waals surface area contributed by atoms with Gasteiger partial charge in [0.15, 0.2) is 0 Å². The van der Waals surface area contributed by atoms with E-state index in [-0.39, 0.29) is 6.10 Å². The Hall–Kier alpha value is -0.870. The van der Waals surface area contributed by atoms with Gasteiger partial charge < -0.3 is 10.1 Å². The van der Waals surface area contributed by atoms with E-state index in [1.165, 1.54) is 24.1 Å². The van der Waals surface area contributed by atoms with Crippen LogP contribution in [-0.4, -0.2) is 30.0 Å². The van der Waals surface area contributed by atoms with E-state index in [2.05, 4.69) is 23.5 Å². The highest BCUT2D eigenvalue weighted by Gasteiger charge is 2.29. The summed E-state index contributed by atoms with van der Waals surface area (Å²) >= 11 is 0. The molecule has 0 aliphatic carbocycles. The standard InChI is InChI=1S/C13H23N3O/c1-4-12-11(9-16(3)15-12)13-10(8-14-2)6-5-7-17-13/h9-10,13-14H,4-8H2,1-3H3. The van der Waals surface area contributed by atoms with Crippen LogP contribution in [0.2, 0.25) is 0 Å². The van der Waals surface area contributed by atoms with Gasteiger partial charge in [0.25, 0.3) is 0 Å². The second kappa shape index (κ2) is 5.65. The smallest absolute Gasteiger partial charge is 0.0898 e. The van der Waals surface area contributed by atoms with E-state index in [1.54, 1.807) is 0 Å². The van der Waals surface area contributed by atoms with E-state index in [0.29, 0.717) is 5.92 Å². The summed E-state index contributed by atoms with van der Waals surface area (Å²) < 4.78 is 7.90. The molecule has 4 heteroatoms. The maximum atomic E-state index is 5.99. The molecule has 0 aromatic carbocycles. The van der Waals surface area contributed by atoms with Crippen LogP contribution in [0.4, 0.5) is 0 Å². The summed E-state index contributed by atoms with van der Waals surface area (Å²) in [5.41, 5.74) is 2.47. The summed E-state index contributed by atoms with van der Waals surface area (Å²) in [5.74, 6) is 0.572. The van der Waals surface area contributed by atoms with E-state index in [1.807, 2.05) is 18.8 Å². The topological polar surface area (TPSA) is 39.1 Å². The Morgan fingerprint density at radius 1 is 1.59 bits per heavy atom. The van der Waals surface area contributed by atoms with E-state index < -0.39 is 0 Å². The van der Waals surface area contributed by atoms with Crippen molar-refractivity contribution in [1.29, 1.82) is 0 Å². The highest BCUT2D eigenvalue weighted by atomic mass is 16.5. The summed E-state index contributed by atoms with van der Waals surface area (Å²) in [4.78, 5) is 0. The first-order valence-corrected chi connectivity index (χ1v) is 6.54. The molecule has 2 atom stereocenters. The molecule has 1 fully saturated rings. The molecular formula is C13H23N3O. The van der Waals surface area contributed by atoms with Crippen LogP contribution in [0.25, 0.3) is 0 Å². The van der Waals surface area contributed by atoms with Gasteiger partial charge in [-0.3, -0.25) is 4.68 Å². The summed E-state index contributed by atoms with van der Waals surface area (Å²) in [6.07, 6.45) is 5.73. The number of aromatic nitrogens is 2. The summed E-state index contributed by atoms with van der Waals surface area (Å²) in [5, 5.41) is 7.79. The molecule has 1 aliphatic heterocycles. The van der Waals surface area contributed by atoms with Crippen molar-refractivity contribution in [2.24, 2.45) is 13.0 Å². The predicted octanol–water partition coefficient (Wildman–Crippen LogP) is 1.67. The summed E-state index contributed by atoms with van der Waals surface area (Å²) in [7, 11) is 3.99. The Kier molecular flexibility index (Phi) is 4.18. The normalized spacial score (nSPS) is 25.1. The number of hydrogen-bond donors (Lipinski definition) is 1. The third-order valence-electron chi connectivity index (χ3n) is 3.49. The number of rotatable bonds is 4. The molecular weight excluding hydrogens is 214 g/mol. The van der Waals surface area contributed by atoms with Crippen LogP contribution < -0.4 is 5.32 Å². The molecule has 0 amide bonds. The molecule has 2 unspecified atom stereocenters. The summed E-state index contributed by atoms with van der Waals surface area (Å²) in [6, 6.07) is 0. The van der Waals surface area contributed by atoms with Crippen LogP contribution in [0.15, 0.2) is 6.20 Å². The van der Waals surface area contributed by atoms with Crippen molar-refractivity contribution < 1.29 is 4.74 Å². The van der Waals surface area contributed by atoms with Gasteiger partial charge in [-0.25, -0.2) is 0 Å². The second-order valence-corrected chi connectivity index (χ2v) is 4.81. The SMILES string of the molecule is CCc1nn(C)cc1C1OCCCC1CNC. The predicted molar refractivity (Wildman–Crippen MR) is 67.9 cm³/mol. The Morgan fingerprint density at radius 2 is 2.41 bits per heavy atom. The molecule has 0 radical (unpaired) electrons. The van der Waals surface area contributed by atoms with Gasteiger partial charge in [0.1, 0.15) is 0 Å². The minimum atomic E-state index is 0.222. The molecule has 2 rings (SSSR count). The number of nitrogens with zero attached hydrogens (tertiary/aromatic N) is 2. The van der Waals surface area contributed by atoms with E-state index in [0.717, 1.165) is 19.6 Å². The van der Waals surface area contributed by atoms with Crippen molar-refractivity contribution in [2.75, 3.05) is 20.2 Å². The maximum Gasteiger partial charge on any atom is 0.0898 e. The molecule has 0 spiro atoms. The Morgan fingerprint density at radius 3 is 3.12 bits per heavy atom. The number of nitrogens with one attached hydrogen (secondary N) is 1. The number of hydrogen-bond acceptors (Lipinski definition) is 3. The molecule has 96 valence electrons. The van der Waals surface area contributed by atoms with Gasteiger partial charge in [-0.15, -0.1) is 0 Å². The Bertz CT molecular complexity index is 360. The first-order valence-electron chi connectivity index (χ1n) is 6.54. The average Bonchev–Trinajstić information content (AvgIpc) is 2.71. The number of ether oxygens (including phenoxy) is 1. The molecule has 1 aliphatic rings. The Labute approximate surface area is 103 Å². The lowest BCUT2D eigenvalue weighted by molar-refractivity contribution is -0.0277. The van der Waals surface area contributed by atoms with Gasteiger partial charge in [-0.05, 0) is 26.3 Å². The molecule has 2 heterocycles. The third-order valence-corrected chi connectivity index (χ3v) is 3.49. The maximum absolute atomic E-state index is 5.99. The zero-order chi connectivity index (χ0) is 12.3. The van der Waals surface area contributed by atoms with E-state index in [4.69, 9.17) is 4.74 Å². The van der Waals surface area contributed by atoms with Crippen LogP contribution in [0.5, 0.6) is 0 Å². The van der Waals surface area contributed by atoms with Gasteiger partial charge >= 0.3 is 0 Å². The van der Waals surface area contributed by atoms with E-state index in [9.17, 15) is 0 Å². The first kappa shape index (κ1) is 12.6. The zero-order valence-electron chi connectivity index (χ0n) is 11.1. The summed E-state index contributed by atoms with van der Waals surface area (Å²) in [6.45, 7) is 4.05. The molecule has 17 heavy (non-hydrogen) atoms. The van der Waals surface area contributed by atoms with Crippen molar-refractivity contribution in [2.45, 2.75) is 32.3 Å². The van der Waals surface area contributed by atoms with Crippen molar-refractivity contribution in [3.8, 4) is 0 Å². The first-order chi connectivity index (χ1) is 8.26. The molecule has 4 nitrogen and oxygen atoms in total. The van der Waals surface area contributed by atoms with E-state index >= 15 is 0 Å².